The van der Waals surface area contributed by atoms with E-state index in [0.29, 0.717) is 6.54 Å². The van der Waals surface area contributed by atoms with Crippen LogP contribution in [-0.2, 0) is 13.0 Å². The van der Waals surface area contributed by atoms with Crippen LogP contribution in [0, 0.1) is 6.92 Å². The monoisotopic (exact) mass is 150 g/mol. The molecule has 2 nitrogen and oxygen atoms in total. The van der Waals surface area contributed by atoms with E-state index in [1.165, 1.54) is 5.56 Å². The van der Waals surface area contributed by atoms with Gasteiger partial charge in [-0.05, 0) is 25.0 Å². The van der Waals surface area contributed by atoms with E-state index in [4.69, 9.17) is 5.73 Å². The van der Waals surface area contributed by atoms with Crippen LogP contribution in [0.3, 0.4) is 0 Å². The topological polar surface area (TPSA) is 38.9 Å². The molecule has 0 aliphatic heterocycles. The normalized spacial score (nSPS) is 10.1. The molecule has 0 aliphatic rings. The fraction of sp³-hybridized carbons (Fsp3) is 0.444. The van der Waals surface area contributed by atoms with Crippen LogP contribution in [0.5, 0.6) is 0 Å². The summed E-state index contributed by atoms with van der Waals surface area (Å²) in [7, 11) is 0. The van der Waals surface area contributed by atoms with Crippen LogP contribution in [0.15, 0.2) is 12.1 Å². The summed E-state index contributed by atoms with van der Waals surface area (Å²) in [4.78, 5) is 4.38. The minimum atomic E-state index is 0.541. The van der Waals surface area contributed by atoms with Gasteiger partial charge in [0, 0.05) is 12.2 Å². The molecule has 2 heteroatoms. The van der Waals surface area contributed by atoms with E-state index >= 15 is 0 Å². The van der Waals surface area contributed by atoms with Crippen LogP contribution in [0.4, 0.5) is 0 Å². The Kier molecular flexibility index (Phi) is 2.60. The maximum absolute atomic E-state index is 5.51. The molecular weight excluding hydrogens is 136 g/mol. The van der Waals surface area contributed by atoms with Crippen LogP contribution in [0.2, 0.25) is 0 Å². The van der Waals surface area contributed by atoms with E-state index in [2.05, 4.69) is 24.0 Å². The Morgan fingerprint density at radius 3 is 2.73 bits per heavy atom. The Bertz CT molecular complexity index is 243. The molecular formula is C9H14N2. The smallest absolute Gasteiger partial charge is 0.0571 e. The van der Waals surface area contributed by atoms with Crippen molar-refractivity contribution in [2.75, 3.05) is 0 Å². The summed E-state index contributed by atoms with van der Waals surface area (Å²) in [6.45, 7) is 4.67. The van der Waals surface area contributed by atoms with E-state index < -0.39 is 0 Å². The Morgan fingerprint density at radius 2 is 2.18 bits per heavy atom. The van der Waals surface area contributed by atoms with Crippen molar-refractivity contribution in [3.8, 4) is 0 Å². The molecule has 0 spiro atoms. The third-order valence-electron chi connectivity index (χ3n) is 1.82. The first-order valence-corrected chi connectivity index (χ1v) is 3.93. The number of aryl methyl sites for hydroxylation is 2. The van der Waals surface area contributed by atoms with Crippen molar-refractivity contribution in [1.82, 2.24) is 4.98 Å². The molecule has 0 radical (unpaired) electrons. The zero-order chi connectivity index (χ0) is 8.27. The van der Waals surface area contributed by atoms with Crippen molar-refractivity contribution in [3.63, 3.8) is 0 Å². The summed E-state index contributed by atoms with van der Waals surface area (Å²) in [5.74, 6) is 0. The molecule has 1 aromatic heterocycles. The van der Waals surface area contributed by atoms with Gasteiger partial charge in [-0.15, -0.1) is 0 Å². The van der Waals surface area contributed by atoms with Crippen molar-refractivity contribution >= 4 is 0 Å². The van der Waals surface area contributed by atoms with E-state index in [9.17, 15) is 0 Å². The maximum atomic E-state index is 5.51. The fourth-order valence-corrected chi connectivity index (χ4v) is 1.02. The highest BCUT2D eigenvalue weighted by Crippen LogP contribution is 2.05. The van der Waals surface area contributed by atoms with Crippen molar-refractivity contribution in [2.45, 2.75) is 26.8 Å². The lowest BCUT2D eigenvalue weighted by Crippen LogP contribution is -2.03. The van der Waals surface area contributed by atoms with Crippen LogP contribution in [0.1, 0.15) is 23.9 Å². The third-order valence-corrected chi connectivity index (χ3v) is 1.82. The summed E-state index contributed by atoms with van der Waals surface area (Å²) >= 11 is 0. The summed E-state index contributed by atoms with van der Waals surface area (Å²) in [5.41, 5.74) is 8.84. The average Bonchev–Trinajstić information content (AvgIpc) is 2.05. The van der Waals surface area contributed by atoms with Gasteiger partial charge in [0.1, 0.15) is 0 Å². The molecule has 2 N–H and O–H groups in total. The first-order chi connectivity index (χ1) is 5.27. The summed E-state index contributed by atoms with van der Waals surface area (Å²) < 4.78 is 0. The molecule has 0 saturated heterocycles. The average molecular weight is 150 g/mol. The molecule has 60 valence electrons. The second kappa shape index (κ2) is 3.49. The van der Waals surface area contributed by atoms with Gasteiger partial charge in [0.25, 0.3) is 0 Å². The van der Waals surface area contributed by atoms with E-state index in [0.717, 1.165) is 17.8 Å². The molecule has 0 saturated carbocycles. The largest absolute Gasteiger partial charge is 0.325 e. The lowest BCUT2D eigenvalue weighted by atomic mass is 10.2. The molecule has 0 aliphatic carbocycles. The quantitative estimate of drug-likeness (QED) is 0.692. The van der Waals surface area contributed by atoms with Crippen molar-refractivity contribution in [3.05, 3.63) is 29.1 Å². The van der Waals surface area contributed by atoms with Gasteiger partial charge in [-0.1, -0.05) is 13.0 Å². The molecule has 11 heavy (non-hydrogen) atoms. The summed E-state index contributed by atoms with van der Waals surface area (Å²) in [6, 6.07) is 4.13. The zero-order valence-electron chi connectivity index (χ0n) is 7.09. The van der Waals surface area contributed by atoms with Crippen molar-refractivity contribution in [2.24, 2.45) is 5.73 Å². The molecule has 0 bridgehead atoms. The number of rotatable bonds is 2. The van der Waals surface area contributed by atoms with Crippen LogP contribution >= 0.6 is 0 Å². The lowest BCUT2D eigenvalue weighted by Gasteiger charge is -2.03. The molecule has 0 fully saturated rings. The summed E-state index contributed by atoms with van der Waals surface area (Å²) in [6.07, 6.45) is 0.979. The molecule has 0 aromatic carbocycles. The number of pyridine rings is 1. The number of hydrogen-bond donors (Lipinski definition) is 1. The number of nitrogens with zero attached hydrogens (tertiary/aromatic N) is 1. The van der Waals surface area contributed by atoms with Gasteiger partial charge >= 0.3 is 0 Å². The van der Waals surface area contributed by atoms with Crippen molar-refractivity contribution < 1.29 is 0 Å². The van der Waals surface area contributed by atoms with Gasteiger partial charge in [0.05, 0.1) is 5.69 Å². The minimum absolute atomic E-state index is 0.541. The van der Waals surface area contributed by atoms with Gasteiger partial charge in [-0.25, -0.2) is 0 Å². The van der Waals surface area contributed by atoms with Gasteiger partial charge in [-0.3, -0.25) is 4.98 Å². The Morgan fingerprint density at radius 1 is 1.45 bits per heavy atom. The Balaban J connectivity index is 3.02. The zero-order valence-corrected chi connectivity index (χ0v) is 7.09. The minimum Gasteiger partial charge on any atom is -0.325 e. The molecule has 0 unspecified atom stereocenters. The second-order valence-electron chi connectivity index (χ2n) is 2.62. The number of nitrogens with two attached hydrogens (primary N) is 1. The van der Waals surface area contributed by atoms with E-state index in [1.54, 1.807) is 0 Å². The Hall–Kier alpha value is -0.890. The van der Waals surface area contributed by atoms with Crippen LogP contribution in [-0.4, -0.2) is 4.98 Å². The van der Waals surface area contributed by atoms with Gasteiger partial charge in [-0.2, -0.15) is 0 Å². The highest BCUT2D eigenvalue weighted by Gasteiger charge is 1.97. The van der Waals surface area contributed by atoms with Gasteiger partial charge < -0.3 is 5.73 Å². The van der Waals surface area contributed by atoms with Crippen LogP contribution < -0.4 is 5.73 Å². The predicted molar refractivity (Wildman–Crippen MR) is 46.2 cm³/mol. The second-order valence-corrected chi connectivity index (χ2v) is 2.62. The standard InChI is InChI=1S/C9H14N2/c1-3-8-5-4-7(2)9(6-10)11-8/h4-5H,3,6,10H2,1-2H3. The molecule has 0 amide bonds. The number of hydrogen-bond acceptors (Lipinski definition) is 2. The first-order valence-electron chi connectivity index (χ1n) is 3.93. The van der Waals surface area contributed by atoms with Gasteiger partial charge in [0.15, 0.2) is 0 Å². The van der Waals surface area contributed by atoms with Crippen molar-refractivity contribution in [1.29, 1.82) is 0 Å². The Labute approximate surface area is 67.5 Å². The SMILES string of the molecule is CCc1ccc(C)c(CN)n1. The highest BCUT2D eigenvalue weighted by atomic mass is 14.7. The highest BCUT2D eigenvalue weighted by molar-refractivity contribution is 5.21. The maximum Gasteiger partial charge on any atom is 0.0571 e. The fourth-order valence-electron chi connectivity index (χ4n) is 1.02. The van der Waals surface area contributed by atoms with E-state index in [1.807, 2.05) is 6.92 Å². The van der Waals surface area contributed by atoms with Gasteiger partial charge in [0.2, 0.25) is 0 Å². The molecule has 1 rings (SSSR count). The molecule has 0 atom stereocenters. The molecule has 1 aromatic rings. The predicted octanol–water partition coefficient (Wildman–Crippen LogP) is 1.41. The number of aromatic nitrogens is 1. The van der Waals surface area contributed by atoms with E-state index in [-0.39, 0.29) is 0 Å². The van der Waals surface area contributed by atoms with Crippen LogP contribution in [0.25, 0.3) is 0 Å². The summed E-state index contributed by atoms with van der Waals surface area (Å²) in [5, 5.41) is 0. The molecule has 1 heterocycles. The first kappa shape index (κ1) is 8.21. The third kappa shape index (κ3) is 1.77. The lowest BCUT2D eigenvalue weighted by molar-refractivity contribution is 0.916.